The van der Waals surface area contributed by atoms with Crippen molar-refractivity contribution in [3.63, 3.8) is 0 Å². The van der Waals surface area contributed by atoms with Gasteiger partial charge in [-0.3, -0.25) is 4.79 Å². The second-order valence-electron chi connectivity index (χ2n) is 5.03. The summed E-state index contributed by atoms with van der Waals surface area (Å²) in [6, 6.07) is 6.20. The van der Waals surface area contributed by atoms with E-state index in [0.29, 0.717) is 24.4 Å². The Morgan fingerprint density at radius 3 is 2.63 bits per heavy atom. The highest BCUT2D eigenvalue weighted by Crippen LogP contribution is 2.16. The van der Waals surface area contributed by atoms with Gasteiger partial charge in [0.05, 0.1) is 6.04 Å². The lowest BCUT2D eigenvalue weighted by Crippen LogP contribution is -2.27. The van der Waals surface area contributed by atoms with Crippen molar-refractivity contribution in [2.45, 2.75) is 39.2 Å². The van der Waals surface area contributed by atoms with Crippen molar-refractivity contribution >= 4 is 5.91 Å². The Balaban J connectivity index is 2.42. The van der Waals surface area contributed by atoms with Gasteiger partial charge in [-0.25, -0.2) is 4.39 Å². The zero-order valence-electron chi connectivity index (χ0n) is 11.7. The summed E-state index contributed by atoms with van der Waals surface area (Å²) in [5.41, 5.74) is 5.99. The quantitative estimate of drug-likeness (QED) is 0.797. The lowest BCUT2D eigenvalue weighted by atomic mass is 10.0. The van der Waals surface area contributed by atoms with E-state index in [4.69, 9.17) is 5.73 Å². The minimum absolute atomic E-state index is 0.0420. The summed E-state index contributed by atoms with van der Waals surface area (Å²) in [5, 5.41) is 2.82. The highest BCUT2D eigenvalue weighted by Gasteiger charge is 2.13. The van der Waals surface area contributed by atoms with E-state index in [0.717, 1.165) is 12.8 Å². The summed E-state index contributed by atoms with van der Waals surface area (Å²) < 4.78 is 13.5. The molecule has 2 unspecified atom stereocenters. The van der Waals surface area contributed by atoms with Crippen molar-refractivity contribution in [2.24, 2.45) is 11.7 Å². The predicted molar refractivity (Wildman–Crippen MR) is 75.0 cm³/mol. The molecule has 1 rings (SSSR count). The predicted octanol–water partition coefficient (Wildman–Crippen LogP) is 2.77. The van der Waals surface area contributed by atoms with Gasteiger partial charge in [0.1, 0.15) is 5.82 Å². The van der Waals surface area contributed by atoms with Crippen molar-refractivity contribution in [3.8, 4) is 0 Å². The number of amides is 1. The van der Waals surface area contributed by atoms with Crippen LogP contribution < -0.4 is 11.1 Å². The van der Waals surface area contributed by atoms with Gasteiger partial charge in [0.25, 0.3) is 0 Å². The van der Waals surface area contributed by atoms with Crippen LogP contribution in [-0.2, 0) is 4.79 Å². The van der Waals surface area contributed by atoms with E-state index in [1.54, 1.807) is 25.1 Å². The third-order valence-electron chi connectivity index (χ3n) is 3.27. The van der Waals surface area contributed by atoms with Gasteiger partial charge in [-0.2, -0.15) is 0 Å². The lowest BCUT2D eigenvalue weighted by Gasteiger charge is -2.16. The summed E-state index contributed by atoms with van der Waals surface area (Å²) in [7, 11) is 0. The Labute approximate surface area is 114 Å². The highest BCUT2D eigenvalue weighted by atomic mass is 19.1. The van der Waals surface area contributed by atoms with E-state index in [1.165, 1.54) is 6.07 Å². The summed E-state index contributed by atoms with van der Waals surface area (Å²) in [5.74, 6) is 0.117. The zero-order valence-corrected chi connectivity index (χ0v) is 11.7. The van der Waals surface area contributed by atoms with Crippen molar-refractivity contribution in [3.05, 3.63) is 35.6 Å². The normalized spacial score (nSPS) is 13.9. The first-order valence-corrected chi connectivity index (χ1v) is 6.78. The minimum Gasteiger partial charge on any atom is -0.349 e. The molecule has 0 saturated heterocycles. The summed E-state index contributed by atoms with van der Waals surface area (Å²) in [6.45, 7) is 4.52. The van der Waals surface area contributed by atoms with Crippen LogP contribution in [0.4, 0.5) is 4.39 Å². The van der Waals surface area contributed by atoms with Crippen LogP contribution in [0.2, 0.25) is 0 Å². The number of halogens is 1. The molecule has 19 heavy (non-hydrogen) atoms. The van der Waals surface area contributed by atoms with Crippen LogP contribution in [0.15, 0.2) is 24.3 Å². The molecule has 3 N–H and O–H groups in total. The molecule has 0 aromatic heterocycles. The number of carbonyl (C=O) groups is 1. The Hall–Kier alpha value is -1.42. The summed E-state index contributed by atoms with van der Waals surface area (Å²) >= 11 is 0. The Morgan fingerprint density at radius 1 is 1.32 bits per heavy atom. The number of hydrogen-bond donors (Lipinski definition) is 2. The molecule has 0 aliphatic rings. The topological polar surface area (TPSA) is 55.1 Å². The van der Waals surface area contributed by atoms with E-state index in [9.17, 15) is 9.18 Å². The zero-order chi connectivity index (χ0) is 14.3. The Kier molecular flexibility index (Phi) is 6.50. The van der Waals surface area contributed by atoms with E-state index >= 15 is 0 Å². The second-order valence-corrected chi connectivity index (χ2v) is 5.03. The molecule has 1 aromatic carbocycles. The van der Waals surface area contributed by atoms with Gasteiger partial charge in [0.15, 0.2) is 0 Å². The standard InChI is InChI=1S/C15H23FN2O/c1-11(9-10-17)7-8-15(19)18-12(2)13-5-3-4-6-14(13)16/h3-6,11-12H,7-10,17H2,1-2H3,(H,18,19). The molecular formula is C15H23FN2O. The van der Waals surface area contributed by atoms with Gasteiger partial charge < -0.3 is 11.1 Å². The van der Waals surface area contributed by atoms with E-state index in [-0.39, 0.29) is 17.8 Å². The molecule has 1 amide bonds. The largest absolute Gasteiger partial charge is 0.349 e. The first-order chi connectivity index (χ1) is 9.04. The first kappa shape index (κ1) is 15.6. The maximum atomic E-state index is 13.5. The fraction of sp³-hybridized carbons (Fsp3) is 0.533. The second kappa shape index (κ2) is 7.89. The molecule has 4 heteroatoms. The molecule has 0 aliphatic heterocycles. The molecule has 0 saturated carbocycles. The third kappa shape index (κ3) is 5.39. The summed E-state index contributed by atoms with van der Waals surface area (Å²) in [4.78, 5) is 11.8. The third-order valence-corrected chi connectivity index (χ3v) is 3.27. The SMILES string of the molecule is CC(CCN)CCC(=O)NC(C)c1ccccc1F. The highest BCUT2D eigenvalue weighted by molar-refractivity contribution is 5.76. The molecule has 3 nitrogen and oxygen atoms in total. The smallest absolute Gasteiger partial charge is 0.220 e. The molecule has 106 valence electrons. The van der Waals surface area contributed by atoms with Crippen LogP contribution in [0.25, 0.3) is 0 Å². The number of rotatable bonds is 7. The van der Waals surface area contributed by atoms with Crippen molar-refractivity contribution in [2.75, 3.05) is 6.54 Å². The van der Waals surface area contributed by atoms with E-state index < -0.39 is 0 Å². The van der Waals surface area contributed by atoms with E-state index in [2.05, 4.69) is 12.2 Å². The molecule has 2 atom stereocenters. The van der Waals surface area contributed by atoms with Crippen molar-refractivity contribution in [1.82, 2.24) is 5.32 Å². The number of carbonyl (C=O) groups excluding carboxylic acids is 1. The van der Waals surface area contributed by atoms with Gasteiger partial charge in [-0.15, -0.1) is 0 Å². The Morgan fingerprint density at radius 2 is 2.00 bits per heavy atom. The molecule has 0 spiro atoms. The van der Waals surface area contributed by atoms with Crippen LogP contribution in [-0.4, -0.2) is 12.5 Å². The lowest BCUT2D eigenvalue weighted by molar-refractivity contribution is -0.122. The average Bonchev–Trinajstić information content (AvgIpc) is 2.37. The van der Waals surface area contributed by atoms with Gasteiger partial charge in [-0.1, -0.05) is 25.1 Å². The van der Waals surface area contributed by atoms with Gasteiger partial charge >= 0.3 is 0 Å². The van der Waals surface area contributed by atoms with Crippen LogP contribution in [0.3, 0.4) is 0 Å². The maximum absolute atomic E-state index is 13.5. The molecule has 0 aliphatic carbocycles. The van der Waals surface area contributed by atoms with Crippen LogP contribution >= 0.6 is 0 Å². The van der Waals surface area contributed by atoms with Gasteiger partial charge in [0, 0.05) is 12.0 Å². The first-order valence-electron chi connectivity index (χ1n) is 6.78. The van der Waals surface area contributed by atoms with Crippen molar-refractivity contribution in [1.29, 1.82) is 0 Å². The summed E-state index contributed by atoms with van der Waals surface area (Å²) in [6.07, 6.45) is 2.20. The number of nitrogens with one attached hydrogen (secondary N) is 1. The monoisotopic (exact) mass is 266 g/mol. The fourth-order valence-corrected chi connectivity index (χ4v) is 2.02. The van der Waals surface area contributed by atoms with E-state index in [1.807, 2.05) is 0 Å². The van der Waals surface area contributed by atoms with Crippen molar-refractivity contribution < 1.29 is 9.18 Å². The molecule has 0 bridgehead atoms. The van der Waals surface area contributed by atoms with Crippen LogP contribution in [0.5, 0.6) is 0 Å². The van der Waals surface area contributed by atoms with Crippen LogP contribution in [0, 0.1) is 11.7 Å². The minimum atomic E-state index is -0.307. The fourth-order valence-electron chi connectivity index (χ4n) is 2.02. The number of nitrogens with two attached hydrogens (primary N) is 1. The number of hydrogen-bond acceptors (Lipinski definition) is 2. The molecule has 0 heterocycles. The molecule has 0 fully saturated rings. The molecule has 1 aromatic rings. The van der Waals surface area contributed by atoms with Crippen LogP contribution in [0.1, 0.15) is 44.7 Å². The average molecular weight is 266 g/mol. The van der Waals surface area contributed by atoms with Gasteiger partial charge in [-0.05, 0) is 38.3 Å². The maximum Gasteiger partial charge on any atom is 0.220 e. The number of benzene rings is 1. The molecular weight excluding hydrogens is 243 g/mol. The Bertz CT molecular complexity index is 409. The molecule has 0 radical (unpaired) electrons. The van der Waals surface area contributed by atoms with Gasteiger partial charge in [0.2, 0.25) is 5.91 Å².